The van der Waals surface area contributed by atoms with Gasteiger partial charge in [-0.1, -0.05) is 0 Å². The summed E-state index contributed by atoms with van der Waals surface area (Å²) in [5.74, 6) is -4.13. The number of nitrogens with one attached hydrogen (secondary N) is 3. The van der Waals surface area contributed by atoms with Gasteiger partial charge in [-0.25, -0.2) is 4.79 Å². The lowest BCUT2D eigenvalue weighted by molar-refractivity contribution is -0.142. The van der Waals surface area contributed by atoms with Crippen molar-refractivity contribution in [2.45, 2.75) is 56.5 Å². The molecule has 9 N–H and O–H groups in total. The summed E-state index contributed by atoms with van der Waals surface area (Å²) in [7, 11) is 0. The van der Waals surface area contributed by atoms with E-state index in [2.05, 4.69) is 28.6 Å². The van der Waals surface area contributed by atoms with Gasteiger partial charge in [-0.2, -0.15) is 24.4 Å². The molecule has 5 atom stereocenters. The van der Waals surface area contributed by atoms with Crippen molar-refractivity contribution in [2.75, 3.05) is 17.8 Å². The first-order valence-corrected chi connectivity index (χ1v) is 11.4. The number of rotatable bonds is 15. The predicted octanol–water partition coefficient (Wildman–Crippen LogP) is -2.82. The summed E-state index contributed by atoms with van der Waals surface area (Å²) in [5, 5.41) is 25.8. The standard InChI is InChI=1S/C17H31N5O7S2/c1-8(23)13(22-14(25)9(18)5-6-31-2)16(27)20-10(3-4-12(19)24)15(26)21-11(7-30)17(28)29/h8-11,13,23,30H,3-7,18H2,1-2H3,(H2,19,24)(H,20,27)(H,21,26)(H,22,25)(H,28,29). The van der Waals surface area contributed by atoms with E-state index in [1.807, 2.05) is 6.26 Å². The van der Waals surface area contributed by atoms with Crippen LogP contribution in [0.4, 0.5) is 0 Å². The normalized spacial score (nSPS) is 15.6. The van der Waals surface area contributed by atoms with Gasteiger partial charge in [0.15, 0.2) is 0 Å². The van der Waals surface area contributed by atoms with Crippen LogP contribution in [0.2, 0.25) is 0 Å². The number of aliphatic hydroxyl groups is 1. The number of amides is 4. The fraction of sp³-hybridized carbons (Fsp3) is 0.706. The van der Waals surface area contributed by atoms with E-state index in [-0.39, 0.29) is 18.6 Å². The molecule has 0 heterocycles. The Bertz CT molecular complexity index is 650. The van der Waals surface area contributed by atoms with Gasteiger partial charge < -0.3 is 37.6 Å². The van der Waals surface area contributed by atoms with Gasteiger partial charge in [-0.15, -0.1) is 0 Å². The molecule has 31 heavy (non-hydrogen) atoms. The smallest absolute Gasteiger partial charge is 0.327 e. The highest BCUT2D eigenvalue weighted by atomic mass is 32.2. The van der Waals surface area contributed by atoms with Gasteiger partial charge in [-0.05, 0) is 31.8 Å². The molecule has 14 heteroatoms. The van der Waals surface area contributed by atoms with Crippen LogP contribution in [0, 0.1) is 0 Å². The minimum Gasteiger partial charge on any atom is -0.480 e. The van der Waals surface area contributed by atoms with Crippen LogP contribution < -0.4 is 27.4 Å². The number of carboxylic acids is 1. The van der Waals surface area contributed by atoms with Crippen molar-refractivity contribution in [1.29, 1.82) is 0 Å². The first-order chi connectivity index (χ1) is 14.4. The minimum atomic E-state index is -1.43. The van der Waals surface area contributed by atoms with Gasteiger partial charge in [0.05, 0.1) is 12.1 Å². The van der Waals surface area contributed by atoms with Gasteiger partial charge in [-0.3, -0.25) is 19.2 Å². The molecule has 5 unspecified atom stereocenters. The van der Waals surface area contributed by atoms with E-state index in [0.717, 1.165) is 0 Å². The van der Waals surface area contributed by atoms with E-state index in [0.29, 0.717) is 12.2 Å². The fourth-order valence-corrected chi connectivity index (χ4v) is 3.05. The Balaban J connectivity index is 5.35. The number of hydrogen-bond donors (Lipinski definition) is 8. The zero-order valence-corrected chi connectivity index (χ0v) is 19.1. The summed E-state index contributed by atoms with van der Waals surface area (Å²) in [6.07, 6.45) is 0.365. The minimum absolute atomic E-state index is 0.210. The quantitative estimate of drug-likeness (QED) is 0.113. The van der Waals surface area contributed by atoms with Crippen molar-refractivity contribution < 1.29 is 34.2 Å². The number of primary amides is 1. The van der Waals surface area contributed by atoms with Crippen LogP contribution in [0.15, 0.2) is 0 Å². The van der Waals surface area contributed by atoms with E-state index < -0.39 is 59.9 Å². The second kappa shape index (κ2) is 14.9. The molecule has 0 aromatic carbocycles. The molecule has 0 bridgehead atoms. The summed E-state index contributed by atoms with van der Waals surface area (Å²) in [6.45, 7) is 1.26. The number of carbonyl (C=O) groups is 5. The van der Waals surface area contributed by atoms with Crippen LogP contribution in [-0.2, 0) is 24.0 Å². The van der Waals surface area contributed by atoms with Gasteiger partial charge in [0, 0.05) is 12.2 Å². The highest BCUT2D eigenvalue weighted by molar-refractivity contribution is 7.98. The number of thiol groups is 1. The molecule has 0 aromatic rings. The van der Waals surface area contributed by atoms with Crippen LogP contribution in [-0.4, -0.2) is 87.8 Å². The van der Waals surface area contributed by atoms with Crippen molar-refractivity contribution in [3.63, 3.8) is 0 Å². The maximum atomic E-state index is 12.6. The van der Waals surface area contributed by atoms with Crippen LogP contribution in [0.3, 0.4) is 0 Å². The Kier molecular flexibility index (Phi) is 13.9. The van der Waals surface area contributed by atoms with Crippen LogP contribution >= 0.6 is 24.4 Å². The van der Waals surface area contributed by atoms with Crippen LogP contribution in [0.25, 0.3) is 0 Å². The SMILES string of the molecule is CSCCC(N)C(=O)NC(C(=O)NC(CCC(N)=O)C(=O)NC(CS)C(=O)O)C(C)O. The lowest BCUT2D eigenvalue weighted by Gasteiger charge is -2.26. The molecular formula is C17H31N5O7S2. The molecule has 4 amide bonds. The number of aliphatic carboxylic acids is 1. The van der Waals surface area contributed by atoms with E-state index in [1.54, 1.807) is 0 Å². The van der Waals surface area contributed by atoms with Gasteiger partial charge in [0.1, 0.15) is 18.1 Å². The van der Waals surface area contributed by atoms with Crippen molar-refractivity contribution in [3.8, 4) is 0 Å². The lowest BCUT2D eigenvalue weighted by atomic mass is 10.1. The Morgan fingerprint density at radius 3 is 2.03 bits per heavy atom. The lowest BCUT2D eigenvalue weighted by Crippen LogP contribution is -2.60. The number of thioether (sulfide) groups is 1. The highest BCUT2D eigenvalue weighted by Gasteiger charge is 2.32. The van der Waals surface area contributed by atoms with Crippen molar-refractivity contribution in [3.05, 3.63) is 0 Å². The molecule has 0 radical (unpaired) electrons. The largest absolute Gasteiger partial charge is 0.480 e. The second-order valence-corrected chi connectivity index (χ2v) is 8.11. The second-order valence-electron chi connectivity index (χ2n) is 6.76. The van der Waals surface area contributed by atoms with Gasteiger partial charge in [0.25, 0.3) is 0 Å². The fourth-order valence-electron chi connectivity index (χ4n) is 2.32. The molecule has 0 fully saturated rings. The zero-order chi connectivity index (χ0) is 24.1. The molecule has 0 aliphatic carbocycles. The highest BCUT2D eigenvalue weighted by Crippen LogP contribution is 2.04. The average Bonchev–Trinajstić information content (AvgIpc) is 2.69. The summed E-state index contributed by atoms with van der Waals surface area (Å²) < 4.78 is 0. The maximum absolute atomic E-state index is 12.6. The van der Waals surface area contributed by atoms with Crippen molar-refractivity contribution in [1.82, 2.24) is 16.0 Å². The molecule has 0 saturated heterocycles. The number of hydrogen-bond acceptors (Lipinski definition) is 9. The van der Waals surface area contributed by atoms with E-state index >= 15 is 0 Å². The van der Waals surface area contributed by atoms with Gasteiger partial charge in [0.2, 0.25) is 23.6 Å². The van der Waals surface area contributed by atoms with E-state index in [4.69, 9.17) is 16.6 Å². The molecule has 0 rings (SSSR count). The summed E-state index contributed by atoms with van der Waals surface area (Å²) in [6, 6.07) is -5.01. The maximum Gasteiger partial charge on any atom is 0.327 e. The molecule has 0 aromatic heterocycles. The Labute approximate surface area is 190 Å². The van der Waals surface area contributed by atoms with Gasteiger partial charge >= 0.3 is 5.97 Å². The predicted molar refractivity (Wildman–Crippen MR) is 118 cm³/mol. The van der Waals surface area contributed by atoms with Crippen molar-refractivity contribution >= 4 is 54.0 Å². The average molecular weight is 482 g/mol. The third-order valence-corrected chi connectivity index (χ3v) is 5.15. The van der Waals surface area contributed by atoms with Crippen LogP contribution in [0.1, 0.15) is 26.2 Å². The molecule has 178 valence electrons. The Morgan fingerprint density at radius 2 is 1.58 bits per heavy atom. The van der Waals surface area contributed by atoms with E-state index in [9.17, 15) is 29.1 Å². The Hall–Kier alpha value is -2.03. The summed E-state index contributed by atoms with van der Waals surface area (Å²) in [4.78, 5) is 59.5. The summed E-state index contributed by atoms with van der Waals surface area (Å²) in [5.41, 5.74) is 10.9. The first kappa shape index (κ1) is 29.0. The molecule has 12 nitrogen and oxygen atoms in total. The molecule has 0 aliphatic heterocycles. The third kappa shape index (κ3) is 11.2. The molecule has 0 saturated carbocycles. The number of aliphatic hydroxyl groups excluding tert-OH is 1. The monoisotopic (exact) mass is 481 g/mol. The molecule has 0 aliphatic rings. The third-order valence-electron chi connectivity index (χ3n) is 4.14. The number of carbonyl (C=O) groups excluding carboxylic acids is 4. The van der Waals surface area contributed by atoms with Crippen LogP contribution in [0.5, 0.6) is 0 Å². The number of nitrogens with two attached hydrogens (primary N) is 2. The topological polar surface area (TPSA) is 214 Å². The Morgan fingerprint density at radius 1 is 1.00 bits per heavy atom. The number of carboxylic acid groups (broad SMARTS) is 1. The van der Waals surface area contributed by atoms with Crippen molar-refractivity contribution in [2.24, 2.45) is 11.5 Å². The summed E-state index contributed by atoms with van der Waals surface area (Å²) >= 11 is 5.33. The zero-order valence-electron chi connectivity index (χ0n) is 17.4. The van der Waals surface area contributed by atoms with E-state index in [1.165, 1.54) is 18.7 Å². The first-order valence-electron chi connectivity index (χ1n) is 9.40. The molecular weight excluding hydrogens is 450 g/mol. The molecule has 0 spiro atoms.